The van der Waals surface area contributed by atoms with E-state index in [0.717, 1.165) is 50.5 Å². The van der Waals surface area contributed by atoms with E-state index in [-0.39, 0.29) is 0 Å². The number of hydrogen-bond acceptors (Lipinski definition) is 3. The second kappa shape index (κ2) is 7.21. The van der Waals surface area contributed by atoms with Crippen molar-refractivity contribution < 1.29 is 4.74 Å². The minimum absolute atomic E-state index is 0.772. The lowest BCUT2D eigenvalue weighted by Gasteiger charge is -2.20. The zero-order chi connectivity index (χ0) is 15.2. The lowest BCUT2D eigenvalue weighted by molar-refractivity contribution is 0.317. The lowest BCUT2D eigenvalue weighted by Crippen LogP contribution is -2.27. The maximum atomic E-state index is 5.67. The van der Waals surface area contributed by atoms with E-state index < -0.39 is 0 Å². The number of benzene rings is 2. The Morgan fingerprint density at radius 2 is 2.05 bits per heavy atom. The first-order chi connectivity index (χ1) is 10.9. The highest BCUT2D eigenvalue weighted by atomic mass is 16.5. The van der Waals surface area contributed by atoms with Crippen molar-refractivity contribution in [2.45, 2.75) is 19.8 Å². The molecular formula is C19H24N2O. The van der Waals surface area contributed by atoms with E-state index in [1.54, 1.807) is 0 Å². The summed E-state index contributed by atoms with van der Waals surface area (Å²) in [6.07, 6.45) is 2.20. The fourth-order valence-corrected chi connectivity index (χ4v) is 2.89. The Labute approximate surface area is 132 Å². The van der Waals surface area contributed by atoms with E-state index in [4.69, 9.17) is 4.74 Å². The summed E-state index contributed by atoms with van der Waals surface area (Å²) in [7, 11) is 0. The Morgan fingerprint density at radius 1 is 1.14 bits per heavy atom. The van der Waals surface area contributed by atoms with Crippen molar-refractivity contribution in [1.29, 1.82) is 0 Å². The predicted octanol–water partition coefficient (Wildman–Crippen LogP) is 3.95. The van der Waals surface area contributed by atoms with Crippen LogP contribution in [0.25, 0.3) is 0 Å². The average Bonchev–Trinajstić information content (AvgIpc) is 2.97. The van der Waals surface area contributed by atoms with Gasteiger partial charge in [-0.1, -0.05) is 31.2 Å². The van der Waals surface area contributed by atoms with Crippen LogP contribution in [-0.2, 0) is 6.42 Å². The molecule has 0 bridgehead atoms. The molecule has 3 heteroatoms. The average molecular weight is 296 g/mol. The van der Waals surface area contributed by atoms with E-state index in [1.165, 1.54) is 11.3 Å². The highest BCUT2D eigenvalue weighted by Crippen LogP contribution is 2.27. The third-order valence-corrected chi connectivity index (χ3v) is 4.00. The van der Waals surface area contributed by atoms with E-state index in [9.17, 15) is 0 Å². The number of hydrogen-bond donors (Lipinski definition) is 1. The molecule has 0 saturated heterocycles. The van der Waals surface area contributed by atoms with Gasteiger partial charge in [0.25, 0.3) is 0 Å². The van der Waals surface area contributed by atoms with Crippen LogP contribution in [0.15, 0.2) is 48.5 Å². The molecule has 2 aromatic carbocycles. The quantitative estimate of drug-likeness (QED) is 0.837. The van der Waals surface area contributed by atoms with Crippen molar-refractivity contribution in [3.63, 3.8) is 0 Å². The predicted molar refractivity (Wildman–Crippen MR) is 93.1 cm³/mol. The SMILES string of the molecule is CCCOc1cccc(NCCN2CCc3ccccc32)c1. The van der Waals surface area contributed by atoms with Gasteiger partial charge >= 0.3 is 0 Å². The summed E-state index contributed by atoms with van der Waals surface area (Å²) in [5.41, 5.74) is 3.99. The van der Waals surface area contributed by atoms with Crippen LogP contribution in [0.3, 0.4) is 0 Å². The van der Waals surface area contributed by atoms with Gasteiger partial charge < -0.3 is 15.0 Å². The molecule has 3 nitrogen and oxygen atoms in total. The standard InChI is InChI=1S/C19H24N2O/c1-2-14-22-18-8-5-7-17(15-18)20-11-13-21-12-10-16-6-3-4-9-19(16)21/h3-9,15,20H,2,10-14H2,1H3. The van der Waals surface area contributed by atoms with Gasteiger partial charge in [0.15, 0.2) is 0 Å². The largest absolute Gasteiger partial charge is 0.494 e. The minimum atomic E-state index is 0.772. The van der Waals surface area contributed by atoms with Gasteiger partial charge in [0.05, 0.1) is 6.61 Å². The van der Waals surface area contributed by atoms with Crippen LogP contribution in [0.5, 0.6) is 5.75 Å². The maximum Gasteiger partial charge on any atom is 0.121 e. The zero-order valence-electron chi connectivity index (χ0n) is 13.2. The molecule has 1 aliphatic heterocycles. The summed E-state index contributed by atoms with van der Waals surface area (Å²) < 4.78 is 5.67. The number of fused-ring (bicyclic) bond motifs is 1. The van der Waals surface area contributed by atoms with Gasteiger partial charge in [-0.15, -0.1) is 0 Å². The molecule has 0 saturated carbocycles. The number of nitrogens with one attached hydrogen (secondary N) is 1. The van der Waals surface area contributed by atoms with Crippen molar-refractivity contribution in [2.75, 3.05) is 36.5 Å². The third-order valence-electron chi connectivity index (χ3n) is 4.00. The number of nitrogens with zero attached hydrogens (tertiary/aromatic N) is 1. The molecule has 0 spiro atoms. The van der Waals surface area contributed by atoms with E-state index in [0.29, 0.717) is 0 Å². The van der Waals surface area contributed by atoms with Crippen LogP contribution in [0.4, 0.5) is 11.4 Å². The first-order valence-corrected chi connectivity index (χ1v) is 8.16. The fourth-order valence-electron chi connectivity index (χ4n) is 2.89. The van der Waals surface area contributed by atoms with Gasteiger partial charge in [0.1, 0.15) is 5.75 Å². The molecule has 0 aromatic heterocycles. The van der Waals surface area contributed by atoms with Gasteiger partial charge in [-0.05, 0) is 36.6 Å². The van der Waals surface area contributed by atoms with Crippen LogP contribution < -0.4 is 15.0 Å². The molecule has 1 N–H and O–H groups in total. The zero-order valence-corrected chi connectivity index (χ0v) is 13.2. The van der Waals surface area contributed by atoms with Crippen LogP contribution in [0.1, 0.15) is 18.9 Å². The summed E-state index contributed by atoms with van der Waals surface area (Å²) in [5.74, 6) is 0.943. The minimum Gasteiger partial charge on any atom is -0.494 e. The monoisotopic (exact) mass is 296 g/mol. The van der Waals surface area contributed by atoms with Crippen molar-refractivity contribution >= 4 is 11.4 Å². The Hall–Kier alpha value is -2.16. The van der Waals surface area contributed by atoms with E-state index in [2.05, 4.69) is 53.5 Å². The summed E-state index contributed by atoms with van der Waals surface area (Å²) >= 11 is 0. The Balaban J connectivity index is 1.51. The second-order valence-electron chi connectivity index (χ2n) is 5.67. The number of anilines is 2. The normalized spacial score (nSPS) is 13.0. The van der Waals surface area contributed by atoms with Crippen molar-refractivity contribution in [3.05, 3.63) is 54.1 Å². The highest BCUT2D eigenvalue weighted by Gasteiger charge is 2.17. The Morgan fingerprint density at radius 3 is 2.95 bits per heavy atom. The van der Waals surface area contributed by atoms with Crippen molar-refractivity contribution in [1.82, 2.24) is 0 Å². The topological polar surface area (TPSA) is 24.5 Å². The van der Waals surface area contributed by atoms with Crippen LogP contribution in [0.2, 0.25) is 0 Å². The van der Waals surface area contributed by atoms with Gasteiger partial charge in [0, 0.05) is 37.1 Å². The molecule has 1 aliphatic rings. The fraction of sp³-hybridized carbons (Fsp3) is 0.368. The summed E-state index contributed by atoms with van der Waals surface area (Å²) in [6, 6.07) is 16.9. The molecule has 3 rings (SSSR count). The van der Waals surface area contributed by atoms with Crippen molar-refractivity contribution in [2.24, 2.45) is 0 Å². The second-order valence-corrected chi connectivity index (χ2v) is 5.67. The number of rotatable bonds is 7. The molecule has 0 atom stereocenters. The summed E-state index contributed by atoms with van der Waals surface area (Å²) in [5, 5.41) is 3.50. The van der Waals surface area contributed by atoms with Crippen LogP contribution in [0, 0.1) is 0 Å². The third kappa shape index (κ3) is 3.53. The molecule has 0 unspecified atom stereocenters. The Bertz CT molecular complexity index is 612. The number of para-hydroxylation sites is 1. The van der Waals surface area contributed by atoms with E-state index >= 15 is 0 Å². The molecule has 2 aromatic rings. The van der Waals surface area contributed by atoms with Gasteiger partial charge in [-0.25, -0.2) is 0 Å². The van der Waals surface area contributed by atoms with Crippen LogP contribution >= 0.6 is 0 Å². The van der Waals surface area contributed by atoms with Gasteiger partial charge in [-0.3, -0.25) is 0 Å². The Kier molecular flexibility index (Phi) is 4.84. The summed E-state index contributed by atoms with van der Waals surface area (Å²) in [6.45, 7) is 5.98. The molecule has 0 radical (unpaired) electrons. The molecule has 0 amide bonds. The maximum absolute atomic E-state index is 5.67. The number of ether oxygens (including phenoxy) is 1. The molecular weight excluding hydrogens is 272 g/mol. The molecule has 22 heavy (non-hydrogen) atoms. The van der Waals surface area contributed by atoms with Gasteiger partial charge in [0.2, 0.25) is 0 Å². The first kappa shape index (κ1) is 14.8. The van der Waals surface area contributed by atoms with Gasteiger partial charge in [-0.2, -0.15) is 0 Å². The molecule has 1 heterocycles. The smallest absolute Gasteiger partial charge is 0.121 e. The molecule has 0 fully saturated rings. The molecule has 0 aliphatic carbocycles. The van der Waals surface area contributed by atoms with Crippen molar-refractivity contribution in [3.8, 4) is 5.75 Å². The highest BCUT2D eigenvalue weighted by molar-refractivity contribution is 5.58. The first-order valence-electron chi connectivity index (χ1n) is 8.16. The van der Waals surface area contributed by atoms with E-state index in [1.807, 2.05) is 12.1 Å². The van der Waals surface area contributed by atoms with Crippen LogP contribution in [-0.4, -0.2) is 26.2 Å². The summed E-state index contributed by atoms with van der Waals surface area (Å²) in [4.78, 5) is 2.46. The lowest BCUT2D eigenvalue weighted by atomic mass is 10.2. The molecule has 116 valence electrons.